The van der Waals surface area contributed by atoms with E-state index in [2.05, 4.69) is 15.6 Å². The number of amides is 2. The summed E-state index contributed by atoms with van der Waals surface area (Å²) in [7, 11) is 0. The van der Waals surface area contributed by atoms with E-state index in [0.717, 1.165) is 21.1 Å². The Morgan fingerprint density at radius 1 is 1.32 bits per heavy atom. The summed E-state index contributed by atoms with van der Waals surface area (Å²) in [6, 6.07) is 9.18. The number of nitrogens with one attached hydrogen (secondary N) is 2. The van der Waals surface area contributed by atoms with E-state index in [0.29, 0.717) is 13.0 Å². The van der Waals surface area contributed by atoms with E-state index >= 15 is 0 Å². The zero-order chi connectivity index (χ0) is 15.9. The van der Waals surface area contributed by atoms with Crippen LogP contribution in [0.5, 0.6) is 0 Å². The Morgan fingerprint density at radius 3 is 2.64 bits per heavy atom. The van der Waals surface area contributed by atoms with Crippen LogP contribution in [-0.4, -0.2) is 28.8 Å². The van der Waals surface area contributed by atoms with Crippen LogP contribution in [0.4, 0.5) is 4.79 Å². The Labute approximate surface area is 134 Å². The molecular weight excluding hydrogens is 298 g/mol. The molecule has 0 bridgehead atoms. The summed E-state index contributed by atoms with van der Waals surface area (Å²) in [6.45, 7) is 4.27. The lowest BCUT2D eigenvalue weighted by atomic mass is 10.1. The van der Waals surface area contributed by atoms with Crippen LogP contribution in [0.2, 0.25) is 0 Å². The second-order valence-corrected chi connectivity index (χ2v) is 6.43. The molecule has 0 spiro atoms. The number of benzene rings is 1. The largest absolute Gasteiger partial charge is 0.394 e. The number of thiazole rings is 1. The van der Waals surface area contributed by atoms with Crippen molar-refractivity contribution in [1.29, 1.82) is 0 Å². The molecule has 2 amide bonds. The molecule has 1 aromatic heterocycles. The first-order chi connectivity index (χ1) is 10.6. The zero-order valence-corrected chi connectivity index (χ0v) is 13.6. The number of carbonyl (C=O) groups is 1. The van der Waals surface area contributed by atoms with Gasteiger partial charge in [-0.15, -0.1) is 11.3 Å². The number of rotatable bonds is 6. The number of nitrogens with zero attached hydrogens (tertiary/aromatic N) is 1. The lowest BCUT2D eigenvalue weighted by Gasteiger charge is -2.16. The van der Waals surface area contributed by atoms with E-state index in [9.17, 15) is 9.90 Å². The SMILES string of the molecule is Cc1nc(CNC(=O)N[C@H](CO)Cc2ccccc2)sc1C. The zero-order valence-electron chi connectivity index (χ0n) is 12.8. The van der Waals surface area contributed by atoms with Crippen molar-refractivity contribution in [2.24, 2.45) is 0 Å². The van der Waals surface area contributed by atoms with Gasteiger partial charge in [-0.05, 0) is 25.8 Å². The predicted octanol–water partition coefficient (Wildman–Crippen LogP) is 2.16. The molecule has 1 heterocycles. The Bertz CT molecular complexity index is 594. The predicted molar refractivity (Wildman–Crippen MR) is 88.0 cm³/mol. The highest BCUT2D eigenvalue weighted by Crippen LogP contribution is 2.15. The summed E-state index contributed by atoms with van der Waals surface area (Å²) in [6.07, 6.45) is 0.597. The van der Waals surface area contributed by atoms with Gasteiger partial charge in [-0.2, -0.15) is 0 Å². The average molecular weight is 319 g/mol. The third-order valence-corrected chi connectivity index (χ3v) is 4.43. The summed E-state index contributed by atoms with van der Waals surface area (Å²) < 4.78 is 0. The summed E-state index contributed by atoms with van der Waals surface area (Å²) in [5, 5.41) is 15.9. The lowest BCUT2D eigenvalue weighted by molar-refractivity contribution is 0.215. The number of urea groups is 1. The van der Waals surface area contributed by atoms with Gasteiger partial charge in [-0.1, -0.05) is 30.3 Å². The highest BCUT2D eigenvalue weighted by molar-refractivity contribution is 7.11. The van der Waals surface area contributed by atoms with Gasteiger partial charge < -0.3 is 15.7 Å². The first kappa shape index (κ1) is 16.5. The van der Waals surface area contributed by atoms with Crippen LogP contribution in [-0.2, 0) is 13.0 Å². The smallest absolute Gasteiger partial charge is 0.315 e. The molecule has 0 aliphatic carbocycles. The fraction of sp³-hybridized carbons (Fsp3) is 0.375. The molecule has 3 N–H and O–H groups in total. The van der Waals surface area contributed by atoms with Gasteiger partial charge in [0.2, 0.25) is 0 Å². The van der Waals surface area contributed by atoms with Crippen LogP contribution in [0.3, 0.4) is 0 Å². The molecule has 1 atom stereocenters. The Morgan fingerprint density at radius 2 is 2.05 bits per heavy atom. The highest BCUT2D eigenvalue weighted by Gasteiger charge is 2.12. The monoisotopic (exact) mass is 319 g/mol. The van der Waals surface area contributed by atoms with Crippen LogP contribution in [0.1, 0.15) is 21.1 Å². The number of aryl methyl sites for hydroxylation is 2. The number of hydrogen-bond acceptors (Lipinski definition) is 4. The number of aliphatic hydroxyl groups is 1. The molecule has 0 radical (unpaired) electrons. The minimum Gasteiger partial charge on any atom is -0.394 e. The van der Waals surface area contributed by atoms with Gasteiger partial charge in [0.15, 0.2) is 0 Å². The fourth-order valence-corrected chi connectivity index (χ4v) is 2.94. The van der Waals surface area contributed by atoms with Gasteiger partial charge in [-0.3, -0.25) is 0 Å². The fourth-order valence-electron chi connectivity index (χ4n) is 2.07. The second-order valence-electron chi connectivity index (χ2n) is 5.15. The normalized spacial score (nSPS) is 12.0. The molecular formula is C16H21N3O2S. The number of aromatic nitrogens is 1. The van der Waals surface area contributed by atoms with E-state index in [1.807, 2.05) is 44.2 Å². The molecule has 2 aromatic rings. The maximum Gasteiger partial charge on any atom is 0.315 e. The molecule has 0 aliphatic rings. The van der Waals surface area contributed by atoms with Crippen LogP contribution >= 0.6 is 11.3 Å². The Kier molecular flexibility index (Phi) is 5.91. The van der Waals surface area contributed by atoms with E-state index in [1.165, 1.54) is 0 Å². The van der Waals surface area contributed by atoms with Gasteiger partial charge in [-0.25, -0.2) is 9.78 Å². The summed E-state index contributed by atoms with van der Waals surface area (Å²) in [4.78, 5) is 17.4. The second kappa shape index (κ2) is 7.91. The molecule has 0 saturated carbocycles. The third kappa shape index (κ3) is 4.82. The van der Waals surface area contributed by atoms with Gasteiger partial charge in [0.1, 0.15) is 5.01 Å². The molecule has 0 aliphatic heterocycles. The van der Waals surface area contributed by atoms with Crippen molar-refractivity contribution in [3.8, 4) is 0 Å². The van der Waals surface area contributed by atoms with Crippen molar-refractivity contribution in [2.45, 2.75) is 32.9 Å². The minimum absolute atomic E-state index is 0.0994. The molecule has 1 aromatic carbocycles. The summed E-state index contributed by atoms with van der Waals surface area (Å²) in [5.41, 5.74) is 2.08. The lowest BCUT2D eigenvalue weighted by Crippen LogP contribution is -2.44. The van der Waals surface area contributed by atoms with Crippen LogP contribution in [0.15, 0.2) is 30.3 Å². The summed E-state index contributed by atoms with van der Waals surface area (Å²) in [5.74, 6) is 0. The third-order valence-electron chi connectivity index (χ3n) is 3.35. The standard InChI is InChI=1S/C16H21N3O2S/c1-11-12(2)22-15(18-11)9-17-16(21)19-14(10-20)8-13-6-4-3-5-7-13/h3-7,14,20H,8-10H2,1-2H3,(H2,17,19,21)/t14-/m0/s1. The number of hydrogen-bond donors (Lipinski definition) is 3. The van der Waals surface area contributed by atoms with Crippen molar-refractivity contribution in [3.05, 3.63) is 51.5 Å². The van der Waals surface area contributed by atoms with E-state index in [1.54, 1.807) is 11.3 Å². The Hall–Kier alpha value is -1.92. The van der Waals surface area contributed by atoms with Gasteiger partial charge in [0.05, 0.1) is 24.9 Å². The number of aliphatic hydroxyl groups excluding tert-OH is 1. The molecule has 0 fully saturated rings. The van der Waals surface area contributed by atoms with Crippen molar-refractivity contribution in [3.63, 3.8) is 0 Å². The number of carbonyl (C=O) groups excluding carboxylic acids is 1. The molecule has 118 valence electrons. The van der Waals surface area contributed by atoms with Crippen molar-refractivity contribution in [1.82, 2.24) is 15.6 Å². The van der Waals surface area contributed by atoms with Crippen molar-refractivity contribution >= 4 is 17.4 Å². The average Bonchev–Trinajstić information content (AvgIpc) is 2.84. The molecule has 2 rings (SSSR count). The quantitative estimate of drug-likeness (QED) is 0.764. The maximum absolute atomic E-state index is 11.9. The molecule has 0 saturated heterocycles. The molecule has 22 heavy (non-hydrogen) atoms. The first-order valence-electron chi connectivity index (χ1n) is 7.20. The summed E-state index contributed by atoms with van der Waals surface area (Å²) >= 11 is 1.58. The van der Waals surface area contributed by atoms with Crippen molar-refractivity contribution in [2.75, 3.05) is 6.61 Å². The minimum atomic E-state index is -0.304. The molecule has 5 nitrogen and oxygen atoms in total. The molecule has 6 heteroatoms. The van der Waals surface area contributed by atoms with E-state index in [-0.39, 0.29) is 18.7 Å². The van der Waals surface area contributed by atoms with E-state index in [4.69, 9.17) is 0 Å². The van der Waals surface area contributed by atoms with E-state index < -0.39 is 0 Å². The highest BCUT2D eigenvalue weighted by atomic mass is 32.1. The van der Waals surface area contributed by atoms with Crippen LogP contribution in [0, 0.1) is 13.8 Å². The van der Waals surface area contributed by atoms with Gasteiger partial charge in [0.25, 0.3) is 0 Å². The van der Waals surface area contributed by atoms with Crippen molar-refractivity contribution < 1.29 is 9.90 Å². The van der Waals surface area contributed by atoms with Gasteiger partial charge in [0, 0.05) is 4.88 Å². The topological polar surface area (TPSA) is 74.2 Å². The van der Waals surface area contributed by atoms with Crippen LogP contribution in [0.25, 0.3) is 0 Å². The maximum atomic E-state index is 11.9. The first-order valence-corrected chi connectivity index (χ1v) is 8.02. The van der Waals surface area contributed by atoms with Crippen LogP contribution < -0.4 is 10.6 Å². The molecule has 0 unspecified atom stereocenters. The van der Waals surface area contributed by atoms with Gasteiger partial charge >= 0.3 is 6.03 Å². The Balaban J connectivity index is 1.81.